The molecular formula is C14H21N5O. The SMILES string of the molecule is CN=C(NCCn1cccc1)NCc1c(C)noc1C. The lowest BCUT2D eigenvalue weighted by Gasteiger charge is -2.12. The second-order valence-electron chi connectivity index (χ2n) is 4.58. The molecule has 0 spiro atoms. The van der Waals surface area contributed by atoms with Crippen LogP contribution >= 0.6 is 0 Å². The van der Waals surface area contributed by atoms with Gasteiger partial charge in [-0.2, -0.15) is 0 Å². The third kappa shape index (κ3) is 3.63. The van der Waals surface area contributed by atoms with E-state index in [4.69, 9.17) is 4.52 Å². The van der Waals surface area contributed by atoms with Crippen LogP contribution < -0.4 is 10.6 Å². The Morgan fingerprint density at radius 2 is 2.05 bits per heavy atom. The van der Waals surface area contributed by atoms with Crippen LogP contribution in [0.4, 0.5) is 0 Å². The van der Waals surface area contributed by atoms with Gasteiger partial charge in [0, 0.05) is 44.6 Å². The predicted octanol–water partition coefficient (Wildman–Crippen LogP) is 1.46. The average Bonchev–Trinajstić information content (AvgIpc) is 3.06. The molecule has 0 bridgehead atoms. The number of rotatable bonds is 5. The van der Waals surface area contributed by atoms with Gasteiger partial charge < -0.3 is 19.7 Å². The smallest absolute Gasteiger partial charge is 0.191 e. The van der Waals surface area contributed by atoms with Crippen molar-refractivity contribution in [2.24, 2.45) is 4.99 Å². The Hall–Kier alpha value is -2.24. The van der Waals surface area contributed by atoms with E-state index in [0.717, 1.165) is 36.1 Å². The van der Waals surface area contributed by atoms with Crippen LogP contribution in [0.2, 0.25) is 0 Å². The van der Waals surface area contributed by atoms with Gasteiger partial charge in [-0.1, -0.05) is 5.16 Å². The second kappa shape index (κ2) is 6.79. The van der Waals surface area contributed by atoms with E-state index in [9.17, 15) is 0 Å². The molecule has 6 nitrogen and oxygen atoms in total. The largest absolute Gasteiger partial charge is 0.361 e. The van der Waals surface area contributed by atoms with Crippen LogP contribution in [0.1, 0.15) is 17.0 Å². The first-order chi connectivity index (χ1) is 9.70. The third-order valence-electron chi connectivity index (χ3n) is 3.17. The maximum atomic E-state index is 5.14. The molecule has 0 aliphatic carbocycles. The molecule has 6 heteroatoms. The van der Waals surface area contributed by atoms with Crippen molar-refractivity contribution < 1.29 is 4.52 Å². The van der Waals surface area contributed by atoms with Gasteiger partial charge in [-0.15, -0.1) is 0 Å². The highest BCUT2D eigenvalue weighted by Gasteiger charge is 2.09. The van der Waals surface area contributed by atoms with Crippen LogP contribution in [0.3, 0.4) is 0 Å². The molecule has 2 N–H and O–H groups in total. The average molecular weight is 275 g/mol. The van der Waals surface area contributed by atoms with Crippen molar-refractivity contribution >= 4 is 5.96 Å². The minimum Gasteiger partial charge on any atom is -0.361 e. The highest BCUT2D eigenvalue weighted by atomic mass is 16.5. The first-order valence-corrected chi connectivity index (χ1v) is 6.67. The highest BCUT2D eigenvalue weighted by Crippen LogP contribution is 2.11. The van der Waals surface area contributed by atoms with Gasteiger partial charge in [0.25, 0.3) is 0 Å². The molecule has 0 amide bonds. The molecule has 0 aliphatic heterocycles. The number of hydrogen-bond acceptors (Lipinski definition) is 3. The van der Waals surface area contributed by atoms with Gasteiger partial charge in [0.15, 0.2) is 5.96 Å². The van der Waals surface area contributed by atoms with Crippen molar-refractivity contribution in [1.82, 2.24) is 20.4 Å². The summed E-state index contributed by atoms with van der Waals surface area (Å²) in [5.74, 6) is 1.62. The van der Waals surface area contributed by atoms with E-state index in [1.165, 1.54) is 0 Å². The van der Waals surface area contributed by atoms with Crippen LogP contribution in [0.25, 0.3) is 0 Å². The lowest BCUT2D eigenvalue weighted by atomic mass is 10.2. The Balaban J connectivity index is 1.78. The first-order valence-electron chi connectivity index (χ1n) is 6.67. The zero-order chi connectivity index (χ0) is 14.4. The van der Waals surface area contributed by atoms with E-state index in [-0.39, 0.29) is 0 Å². The molecule has 2 rings (SSSR count). The molecular weight excluding hydrogens is 254 g/mol. The molecule has 0 aromatic carbocycles. The molecule has 0 saturated heterocycles. The van der Waals surface area contributed by atoms with Gasteiger partial charge >= 0.3 is 0 Å². The van der Waals surface area contributed by atoms with Crippen LogP contribution in [-0.2, 0) is 13.1 Å². The molecule has 2 aromatic heterocycles. The van der Waals surface area contributed by atoms with Crippen LogP contribution in [0.15, 0.2) is 34.0 Å². The fourth-order valence-electron chi connectivity index (χ4n) is 1.97. The Labute approximate surface area is 118 Å². The Morgan fingerprint density at radius 1 is 1.30 bits per heavy atom. The van der Waals surface area contributed by atoms with E-state index in [1.54, 1.807) is 7.05 Å². The van der Waals surface area contributed by atoms with Crippen molar-refractivity contribution in [3.63, 3.8) is 0 Å². The summed E-state index contributed by atoms with van der Waals surface area (Å²) in [5, 5.41) is 10.5. The summed E-state index contributed by atoms with van der Waals surface area (Å²) in [6.45, 7) is 6.23. The monoisotopic (exact) mass is 275 g/mol. The van der Waals surface area contributed by atoms with Gasteiger partial charge in [-0.25, -0.2) is 0 Å². The summed E-state index contributed by atoms with van der Waals surface area (Å²) >= 11 is 0. The van der Waals surface area contributed by atoms with Crippen molar-refractivity contribution in [1.29, 1.82) is 0 Å². The number of aliphatic imine (C=N–C) groups is 1. The maximum absolute atomic E-state index is 5.14. The number of aryl methyl sites for hydroxylation is 2. The van der Waals surface area contributed by atoms with Gasteiger partial charge in [0.05, 0.1) is 5.69 Å². The lowest BCUT2D eigenvalue weighted by Crippen LogP contribution is -2.38. The molecule has 2 heterocycles. The van der Waals surface area contributed by atoms with Gasteiger partial charge in [-0.05, 0) is 26.0 Å². The minimum atomic E-state index is 0.657. The van der Waals surface area contributed by atoms with E-state index in [2.05, 4.69) is 25.3 Å². The summed E-state index contributed by atoms with van der Waals surface area (Å²) in [6, 6.07) is 4.04. The van der Waals surface area contributed by atoms with Gasteiger partial charge in [0.2, 0.25) is 0 Å². The van der Waals surface area contributed by atoms with Gasteiger partial charge in [0.1, 0.15) is 5.76 Å². The number of guanidine groups is 1. The third-order valence-corrected chi connectivity index (χ3v) is 3.17. The van der Waals surface area contributed by atoms with E-state index >= 15 is 0 Å². The molecule has 0 atom stereocenters. The fraction of sp³-hybridized carbons (Fsp3) is 0.429. The standard InChI is InChI=1S/C14H21N5O/c1-11-13(12(2)20-18-11)10-17-14(15-3)16-6-9-19-7-4-5-8-19/h4-5,7-8H,6,9-10H2,1-3H3,(H2,15,16,17). The maximum Gasteiger partial charge on any atom is 0.191 e. The molecule has 2 aromatic rings. The van der Waals surface area contributed by atoms with Crippen LogP contribution in [0.5, 0.6) is 0 Å². The zero-order valence-electron chi connectivity index (χ0n) is 12.2. The summed E-state index contributed by atoms with van der Waals surface area (Å²) in [7, 11) is 1.76. The minimum absolute atomic E-state index is 0.657. The van der Waals surface area contributed by atoms with Gasteiger partial charge in [-0.3, -0.25) is 4.99 Å². The summed E-state index contributed by atoms with van der Waals surface area (Å²) in [4.78, 5) is 4.20. The van der Waals surface area contributed by atoms with E-state index in [0.29, 0.717) is 6.54 Å². The normalized spacial score (nSPS) is 11.7. The van der Waals surface area contributed by atoms with Crippen molar-refractivity contribution in [2.45, 2.75) is 26.9 Å². The first kappa shape index (κ1) is 14.2. The summed E-state index contributed by atoms with van der Waals surface area (Å²) in [5.41, 5.74) is 2.00. The number of aromatic nitrogens is 2. The molecule has 0 aliphatic rings. The van der Waals surface area contributed by atoms with Crippen LogP contribution in [-0.4, -0.2) is 29.3 Å². The Kier molecular flexibility index (Phi) is 4.81. The van der Waals surface area contributed by atoms with Crippen LogP contribution in [0, 0.1) is 13.8 Å². The molecule has 0 radical (unpaired) electrons. The zero-order valence-corrected chi connectivity index (χ0v) is 12.2. The topological polar surface area (TPSA) is 67.4 Å². The fourth-order valence-corrected chi connectivity index (χ4v) is 1.97. The van der Waals surface area contributed by atoms with Crippen molar-refractivity contribution in [3.8, 4) is 0 Å². The number of hydrogen-bond donors (Lipinski definition) is 2. The molecule has 0 unspecified atom stereocenters. The number of nitrogens with zero attached hydrogens (tertiary/aromatic N) is 3. The highest BCUT2D eigenvalue weighted by molar-refractivity contribution is 5.79. The molecule has 0 saturated carbocycles. The van der Waals surface area contributed by atoms with Crippen molar-refractivity contribution in [3.05, 3.63) is 41.5 Å². The van der Waals surface area contributed by atoms with Crippen molar-refractivity contribution in [2.75, 3.05) is 13.6 Å². The lowest BCUT2D eigenvalue weighted by molar-refractivity contribution is 0.392. The quantitative estimate of drug-likeness (QED) is 0.640. The predicted molar refractivity (Wildman–Crippen MR) is 78.6 cm³/mol. The molecule has 20 heavy (non-hydrogen) atoms. The second-order valence-corrected chi connectivity index (χ2v) is 4.58. The Bertz CT molecular complexity index is 537. The Morgan fingerprint density at radius 3 is 2.65 bits per heavy atom. The van der Waals surface area contributed by atoms with E-state index in [1.807, 2.05) is 38.4 Å². The molecule has 0 fully saturated rings. The summed E-state index contributed by atoms with van der Waals surface area (Å²) < 4.78 is 7.26. The molecule has 108 valence electrons. The summed E-state index contributed by atoms with van der Waals surface area (Å²) in [6.07, 6.45) is 4.09. The number of nitrogens with one attached hydrogen (secondary N) is 2. The van der Waals surface area contributed by atoms with E-state index < -0.39 is 0 Å².